The van der Waals surface area contributed by atoms with Crippen LogP contribution in [0.2, 0.25) is 0 Å². The molecule has 1 aromatic heterocycles. The smallest absolute Gasteiger partial charge is 0.328 e. The average Bonchev–Trinajstić information content (AvgIpc) is 2.88. The fourth-order valence-corrected chi connectivity index (χ4v) is 1.85. The Labute approximate surface area is 125 Å². The van der Waals surface area contributed by atoms with E-state index in [1.165, 1.54) is 0 Å². The lowest BCUT2D eigenvalue weighted by atomic mass is 10.2. The quantitative estimate of drug-likeness (QED) is 0.818. The van der Waals surface area contributed by atoms with Crippen LogP contribution in [0.25, 0.3) is 5.69 Å². The number of hydrogen-bond donors (Lipinski definition) is 2. The van der Waals surface area contributed by atoms with Crippen LogP contribution in [0.3, 0.4) is 0 Å². The second kappa shape index (κ2) is 6.98. The van der Waals surface area contributed by atoms with Gasteiger partial charge in [-0.3, -0.25) is 4.99 Å². The third-order valence-corrected chi connectivity index (χ3v) is 2.76. The van der Waals surface area contributed by atoms with Crippen molar-refractivity contribution < 1.29 is 19.8 Å². The van der Waals surface area contributed by atoms with Crippen molar-refractivity contribution in [3.63, 3.8) is 0 Å². The summed E-state index contributed by atoms with van der Waals surface area (Å²) >= 11 is 0. The minimum absolute atomic E-state index is 0.558. The summed E-state index contributed by atoms with van der Waals surface area (Å²) < 4.78 is 2.09. The van der Waals surface area contributed by atoms with Gasteiger partial charge < -0.3 is 14.8 Å². The van der Waals surface area contributed by atoms with Crippen molar-refractivity contribution >= 4 is 18.2 Å². The summed E-state index contributed by atoms with van der Waals surface area (Å²) in [7, 11) is 0. The summed E-state index contributed by atoms with van der Waals surface area (Å²) in [5, 5.41) is 15.6. The summed E-state index contributed by atoms with van der Waals surface area (Å²) in [5.74, 6) is -2.51. The molecule has 0 unspecified atom stereocenters. The largest absolute Gasteiger partial charge is 0.478 e. The van der Waals surface area contributed by atoms with E-state index in [1.54, 1.807) is 0 Å². The number of rotatable bonds is 2. The molecule has 1 aromatic carbocycles. The van der Waals surface area contributed by atoms with Gasteiger partial charge in [0.05, 0.1) is 30.5 Å². The van der Waals surface area contributed by atoms with Crippen molar-refractivity contribution in [2.24, 2.45) is 4.99 Å². The Balaban J connectivity index is 0.000000192. The normalized spacial score (nSPS) is 11.8. The van der Waals surface area contributed by atoms with Crippen LogP contribution in [0.1, 0.15) is 11.3 Å². The molecule has 112 valence electrons. The molecule has 0 bridgehead atoms. The lowest BCUT2D eigenvalue weighted by Crippen LogP contribution is -1.98. The molecular formula is C15H13N3O4. The number of carboxylic acids is 2. The number of carbonyl (C=O) groups is 2. The highest BCUT2D eigenvalue weighted by Gasteiger charge is 2.09. The zero-order valence-electron chi connectivity index (χ0n) is 11.5. The Morgan fingerprint density at radius 3 is 2.50 bits per heavy atom. The molecule has 0 fully saturated rings. The Morgan fingerprint density at radius 2 is 1.82 bits per heavy atom. The van der Waals surface area contributed by atoms with E-state index in [2.05, 4.69) is 26.7 Å². The number of imidazole rings is 1. The van der Waals surface area contributed by atoms with E-state index in [9.17, 15) is 9.59 Å². The highest BCUT2D eigenvalue weighted by molar-refractivity contribution is 5.89. The van der Waals surface area contributed by atoms with E-state index in [4.69, 9.17) is 10.2 Å². The van der Waals surface area contributed by atoms with E-state index >= 15 is 0 Å². The molecule has 7 nitrogen and oxygen atoms in total. The Morgan fingerprint density at radius 1 is 1.14 bits per heavy atom. The predicted octanol–water partition coefficient (Wildman–Crippen LogP) is 1.52. The van der Waals surface area contributed by atoms with Gasteiger partial charge in [-0.25, -0.2) is 14.6 Å². The maximum absolute atomic E-state index is 9.55. The molecule has 1 aliphatic heterocycles. The lowest BCUT2D eigenvalue weighted by molar-refractivity contribution is -0.134. The maximum Gasteiger partial charge on any atom is 0.328 e. The first-order chi connectivity index (χ1) is 10.6. The molecule has 1 aliphatic rings. The van der Waals surface area contributed by atoms with Gasteiger partial charge in [0.2, 0.25) is 0 Å². The van der Waals surface area contributed by atoms with E-state index in [0.29, 0.717) is 18.7 Å². The van der Waals surface area contributed by atoms with Crippen LogP contribution >= 0.6 is 0 Å². The van der Waals surface area contributed by atoms with Crippen molar-refractivity contribution in [1.29, 1.82) is 0 Å². The summed E-state index contributed by atoms with van der Waals surface area (Å²) in [4.78, 5) is 27.6. The minimum Gasteiger partial charge on any atom is -0.478 e. The number of carboxylic acid groups (broad SMARTS) is 2. The Kier molecular flexibility index (Phi) is 4.81. The SMILES string of the molecule is C1=NCc2cncn2-c2ccccc21.O=C(O)/C=C\C(=O)O. The van der Waals surface area contributed by atoms with Gasteiger partial charge >= 0.3 is 11.9 Å². The Bertz CT molecular complexity index is 731. The van der Waals surface area contributed by atoms with Crippen LogP contribution < -0.4 is 0 Å². The highest BCUT2D eigenvalue weighted by Crippen LogP contribution is 2.18. The lowest BCUT2D eigenvalue weighted by Gasteiger charge is -2.06. The Hall–Kier alpha value is -3.22. The van der Waals surface area contributed by atoms with E-state index in [-0.39, 0.29) is 0 Å². The molecule has 0 amide bonds. The zero-order valence-corrected chi connectivity index (χ0v) is 11.5. The fraction of sp³-hybridized carbons (Fsp3) is 0.0667. The molecule has 2 N–H and O–H groups in total. The summed E-state index contributed by atoms with van der Waals surface area (Å²) in [6, 6.07) is 8.19. The molecule has 0 aliphatic carbocycles. The molecule has 0 atom stereocenters. The highest BCUT2D eigenvalue weighted by atomic mass is 16.4. The predicted molar refractivity (Wildman–Crippen MR) is 79.3 cm³/mol. The van der Waals surface area contributed by atoms with Gasteiger partial charge in [0, 0.05) is 23.9 Å². The van der Waals surface area contributed by atoms with Gasteiger partial charge in [0.25, 0.3) is 0 Å². The first-order valence-corrected chi connectivity index (χ1v) is 6.32. The number of fused-ring (bicyclic) bond motifs is 3. The molecule has 0 spiro atoms. The van der Waals surface area contributed by atoms with Gasteiger partial charge in [-0.05, 0) is 6.07 Å². The molecule has 0 saturated carbocycles. The monoisotopic (exact) mass is 299 g/mol. The van der Waals surface area contributed by atoms with Crippen LogP contribution in [-0.2, 0) is 16.1 Å². The van der Waals surface area contributed by atoms with E-state index < -0.39 is 11.9 Å². The van der Waals surface area contributed by atoms with Crippen molar-refractivity contribution in [3.05, 3.63) is 60.2 Å². The van der Waals surface area contributed by atoms with Gasteiger partial charge in [0.1, 0.15) is 0 Å². The first kappa shape index (κ1) is 15.2. The minimum atomic E-state index is -1.26. The number of benzene rings is 1. The molecule has 2 aromatic rings. The van der Waals surface area contributed by atoms with Crippen LogP contribution in [0.15, 0.2) is 53.9 Å². The number of hydrogen-bond acceptors (Lipinski definition) is 4. The average molecular weight is 299 g/mol. The molecule has 3 rings (SSSR count). The van der Waals surface area contributed by atoms with E-state index in [0.717, 1.165) is 16.9 Å². The number of aliphatic carboxylic acids is 2. The van der Waals surface area contributed by atoms with Crippen molar-refractivity contribution in [2.45, 2.75) is 6.54 Å². The van der Waals surface area contributed by atoms with Crippen LogP contribution in [0.5, 0.6) is 0 Å². The second-order valence-corrected chi connectivity index (χ2v) is 4.29. The molecular weight excluding hydrogens is 286 g/mol. The summed E-state index contributed by atoms with van der Waals surface area (Å²) in [5.41, 5.74) is 3.43. The topological polar surface area (TPSA) is 105 Å². The second-order valence-electron chi connectivity index (χ2n) is 4.29. The first-order valence-electron chi connectivity index (χ1n) is 6.32. The molecule has 2 heterocycles. The third-order valence-electron chi connectivity index (χ3n) is 2.76. The summed E-state index contributed by atoms with van der Waals surface area (Å²) in [6.45, 7) is 0.703. The molecule has 7 heteroatoms. The summed E-state index contributed by atoms with van der Waals surface area (Å²) in [6.07, 6.45) is 6.73. The van der Waals surface area contributed by atoms with Crippen LogP contribution in [0, 0.1) is 0 Å². The zero-order chi connectivity index (χ0) is 15.9. The standard InChI is InChI=1S/C11H9N3.C4H4O4/c1-2-4-11-9(3-1)5-12-6-10-7-13-8-14(10)11;5-3(6)1-2-4(7)8/h1-5,7-8H,6H2;1-2H,(H,5,6)(H,7,8)/b;2-1-. The molecule has 22 heavy (non-hydrogen) atoms. The van der Waals surface area contributed by atoms with Gasteiger partial charge in [0.15, 0.2) is 0 Å². The van der Waals surface area contributed by atoms with Crippen molar-refractivity contribution in [2.75, 3.05) is 0 Å². The van der Waals surface area contributed by atoms with Gasteiger partial charge in [-0.1, -0.05) is 18.2 Å². The van der Waals surface area contributed by atoms with E-state index in [1.807, 2.05) is 30.9 Å². The number of nitrogens with zero attached hydrogens (tertiary/aromatic N) is 3. The van der Waals surface area contributed by atoms with Crippen LogP contribution in [-0.4, -0.2) is 37.9 Å². The van der Waals surface area contributed by atoms with Crippen LogP contribution in [0.4, 0.5) is 0 Å². The number of para-hydroxylation sites is 1. The van der Waals surface area contributed by atoms with Crippen molar-refractivity contribution in [1.82, 2.24) is 9.55 Å². The maximum atomic E-state index is 9.55. The van der Waals surface area contributed by atoms with Gasteiger partial charge in [-0.15, -0.1) is 0 Å². The number of aliphatic imine (C=N–C) groups is 1. The van der Waals surface area contributed by atoms with Gasteiger partial charge in [-0.2, -0.15) is 0 Å². The van der Waals surface area contributed by atoms with Crippen molar-refractivity contribution in [3.8, 4) is 5.69 Å². The number of aromatic nitrogens is 2. The third kappa shape index (κ3) is 3.89. The molecule has 0 saturated heterocycles. The molecule has 0 radical (unpaired) electrons. The fourth-order valence-electron chi connectivity index (χ4n) is 1.85.